The summed E-state index contributed by atoms with van der Waals surface area (Å²) < 4.78 is 0. The number of anilines is 2. The molecule has 5 rings (SSSR count). The van der Waals surface area contributed by atoms with Gasteiger partial charge in [0.25, 0.3) is 0 Å². The van der Waals surface area contributed by atoms with Gasteiger partial charge in [-0.25, -0.2) is 4.98 Å². The van der Waals surface area contributed by atoms with Gasteiger partial charge in [-0.05, 0) is 68.0 Å². The molecule has 0 amide bonds. The standard InChI is InChI=1S/C27H32N6/c1-33(2)26-23-8-4-6-10-25(23)31-27(32-26)30-21-13-11-19(12-14-21)17-28-18-20-15-16-29-24-9-5-3-7-22(20)24/h3-10,15-16,19,21,28H,11-14,17-18H2,1-2H3,(H,30,31,32). The highest BCUT2D eigenvalue weighted by atomic mass is 15.2. The molecule has 170 valence electrons. The molecular formula is C27H32N6. The Bertz CT molecular complexity index is 1220. The molecule has 1 aliphatic carbocycles. The zero-order valence-electron chi connectivity index (χ0n) is 19.5. The number of rotatable bonds is 7. The van der Waals surface area contributed by atoms with Crippen molar-refractivity contribution < 1.29 is 0 Å². The summed E-state index contributed by atoms with van der Waals surface area (Å²) >= 11 is 0. The van der Waals surface area contributed by atoms with E-state index in [0.717, 1.165) is 54.1 Å². The maximum absolute atomic E-state index is 4.81. The van der Waals surface area contributed by atoms with Crippen molar-refractivity contribution in [2.45, 2.75) is 38.3 Å². The van der Waals surface area contributed by atoms with Crippen LogP contribution in [0.4, 0.5) is 11.8 Å². The van der Waals surface area contributed by atoms with Crippen LogP contribution in [0, 0.1) is 5.92 Å². The van der Waals surface area contributed by atoms with Crippen molar-refractivity contribution in [1.82, 2.24) is 20.3 Å². The number of benzene rings is 2. The minimum atomic E-state index is 0.432. The molecule has 6 heteroatoms. The molecule has 2 aromatic heterocycles. The summed E-state index contributed by atoms with van der Waals surface area (Å²) in [5.41, 5.74) is 3.37. The number of nitrogens with one attached hydrogen (secondary N) is 2. The van der Waals surface area contributed by atoms with Gasteiger partial charge in [0.2, 0.25) is 5.95 Å². The highest BCUT2D eigenvalue weighted by Crippen LogP contribution is 2.28. The molecule has 0 radical (unpaired) electrons. The van der Waals surface area contributed by atoms with Crippen LogP contribution < -0.4 is 15.5 Å². The largest absolute Gasteiger partial charge is 0.362 e. The Balaban J connectivity index is 1.15. The van der Waals surface area contributed by atoms with E-state index in [1.807, 2.05) is 38.5 Å². The number of aromatic nitrogens is 3. The molecule has 2 aromatic carbocycles. The first-order chi connectivity index (χ1) is 16.2. The predicted molar refractivity (Wildman–Crippen MR) is 137 cm³/mol. The Morgan fingerprint density at radius 2 is 1.58 bits per heavy atom. The third-order valence-corrected chi connectivity index (χ3v) is 6.67. The van der Waals surface area contributed by atoms with Gasteiger partial charge in [-0.1, -0.05) is 30.3 Å². The smallest absolute Gasteiger partial charge is 0.225 e. The lowest BCUT2D eigenvalue weighted by atomic mass is 9.86. The lowest BCUT2D eigenvalue weighted by Crippen LogP contribution is -2.31. The van der Waals surface area contributed by atoms with Gasteiger partial charge in [0.05, 0.1) is 11.0 Å². The average Bonchev–Trinajstić information content (AvgIpc) is 2.85. The van der Waals surface area contributed by atoms with Crippen LogP contribution in [0.25, 0.3) is 21.8 Å². The fraction of sp³-hybridized carbons (Fsp3) is 0.370. The Kier molecular flexibility index (Phi) is 6.35. The van der Waals surface area contributed by atoms with Crippen LogP contribution in [0.1, 0.15) is 31.2 Å². The van der Waals surface area contributed by atoms with Gasteiger partial charge < -0.3 is 15.5 Å². The molecule has 1 fully saturated rings. The lowest BCUT2D eigenvalue weighted by Gasteiger charge is -2.29. The van der Waals surface area contributed by atoms with E-state index in [-0.39, 0.29) is 0 Å². The Morgan fingerprint density at radius 1 is 0.848 bits per heavy atom. The molecule has 1 aliphatic rings. The van der Waals surface area contributed by atoms with E-state index in [1.54, 1.807) is 0 Å². The zero-order chi connectivity index (χ0) is 22.6. The van der Waals surface area contributed by atoms with Gasteiger partial charge in [0, 0.05) is 43.7 Å². The summed E-state index contributed by atoms with van der Waals surface area (Å²) in [4.78, 5) is 16.1. The highest BCUT2D eigenvalue weighted by molar-refractivity contribution is 5.90. The number of para-hydroxylation sites is 2. The molecule has 0 spiro atoms. The van der Waals surface area contributed by atoms with E-state index in [0.29, 0.717) is 12.0 Å². The molecule has 4 aromatic rings. The van der Waals surface area contributed by atoms with Gasteiger partial charge in [0.15, 0.2) is 0 Å². The minimum absolute atomic E-state index is 0.432. The van der Waals surface area contributed by atoms with Crippen LogP contribution in [0.5, 0.6) is 0 Å². The maximum atomic E-state index is 4.81. The quantitative estimate of drug-likeness (QED) is 0.421. The van der Waals surface area contributed by atoms with E-state index >= 15 is 0 Å². The zero-order valence-corrected chi connectivity index (χ0v) is 19.5. The van der Waals surface area contributed by atoms with Crippen LogP contribution in [-0.2, 0) is 6.54 Å². The van der Waals surface area contributed by atoms with E-state index < -0.39 is 0 Å². The second-order valence-electron chi connectivity index (χ2n) is 9.26. The van der Waals surface area contributed by atoms with Crippen molar-refractivity contribution in [2.75, 3.05) is 30.9 Å². The van der Waals surface area contributed by atoms with Gasteiger partial charge in [-0.3, -0.25) is 4.98 Å². The van der Waals surface area contributed by atoms with E-state index in [1.165, 1.54) is 23.8 Å². The molecule has 2 heterocycles. The molecule has 33 heavy (non-hydrogen) atoms. The third-order valence-electron chi connectivity index (χ3n) is 6.67. The highest BCUT2D eigenvalue weighted by Gasteiger charge is 2.22. The summed E-state index contributed by atoms with van der Waals surface area (Å²) in [5, 5.41) is 9.64. The maximum Gasteiger partial charge on any atom is 0.225 e. The fourth-order valence-corrected chi connectivity index (χ4v) is 4.88. The number of hydrogen-bond donors (Lipinski definition) is 2. The van der Waals surface area contributed by atoms with Crippen molar-refractivity contribution in [1.29, 1.82) is 0 Å². The van der Waals surface area contributed by atoms with Gasteiger partial charge in [0.1, 0.15) is 5.82 Å². The molecule has 0 saturated heterocycles. The molecule has 2 N–H and O–H groups in total. The number of fused-ring (bicyclic) bond motifs is 2. The van der Waals surface area contributed by atoms with Crippen molar-refractivity contribution in [3.63, 3.8) is 0 Å². The molecule has 6 nitrogen and oxygen atoms in total. The summed E-state index contributed by atoms with van der Waals surface area (Å²) in [6, 6.07) is 19.1. The Hall–Kier alpha value is -3.25. The fourth-order valence-electron chi connectivity index (χ4n) is 4.88. The molecular weight excluding hydrogens is 408 g/mol. The second kappa shape index (κ2) is 9.71. The normalized spacial score (nSPS) is 18.5. The van der Waals surface area contributed by atoms with Crippen molar-refractivity contribution in [3.8, 4) is 0 Å². The van der Waals surface area contributed by atoms with Crippen molar-refractivity contribution >= 4 is 33.6 Å². The van der Waals surface area contributed by atoms with Crippen molar-refractivity contribution in [3.05, 3.63) is 66.4 Å². The molecule has 0 bridgehead atoms. The molecule has 0 unspecified atom stereocenters. The first kappa shape index (κ1) is 21.6. The van der Waals surface area contributed by atoms with E-state index in [9.17, 15) is 0 Å². The topological polar surface area (TPSA) is 66.0 Å². The number of nitrogens with zero attached hydrogens (tertiary/aromatic N) is 4. The third kappa shape index (κ3) is 4.91. The molecule has 1 saturated carbocycles. The Morgan fingerprint density at radius 3 is 2.36 bits per heavy atom. The van der Waals surface area contributed by atoms with Crippen LogP contribution >= 0.6 is 0 Å². The summed E-state index contributed by atoms with van der Waals surface area (Å²) in [7, 11) is 4.07. The summed E-state index contributed by atoms with van der Waals surface area (Å²) in [5.74, 6) is 2.42. The van der Waals surface area contributed by atoms with Gasteiger partial charge in [-0.15, -0.1) is 0 Å². The average molecular weight is 441 g/mol. The van der Waals surface area contributed by atoms with Crippen LogP contribution in [0.15, 0.2) is 60.8 Å². The molecule has 0 aliphatic heterocycles. The minimum Gasteiger partial charge on any atom is -0.362 e. The first-order valence-electron chi connectivity index (χ1n) is 11.9. The summed E-state index contributed by atoms with van der Waals surface area (Å²) in [6.45, 7) is 1.94. The lowest BCUT2D eigenvalue weighted by molar-refractivity contribution is 0.324. The van der Waals surface area contributed by atoms with Crippen molar-refractivity contribution in [2.24, 2.45) is 5.92 Å². The number of hydrogen-bond acceptors (Lipinski definition) is 6. The SMILES string of the molecule is CN(C)c1nc(NC2CCC(CNCc3ccnc4ccccc34)CC2)nc2ccccc12. The Labute approximate surface area is 195 Å². The van der Waals surface area contributed by atoms with Crippen LogP contribution in [0.3, 0.4) is 0 Å². The van der Waals surface area contributed by atoms with Crippen LogP contribution in [-0.4, -0.2) is 41.6 Å². The summed E-state index contributed by atoms with van der Waals surface area (Å²) in [6.07, 6.45) is 6.65. The van der Waals surface area contributed by atoms with Gasteiger partial charge >= 0.3 is 0 Å². The van der Waals surface area contributed by atoms with Gasteiger partial charge in [-0.2, -0.15) is 4.98 Å². The van der Waals surface area contributed by atoms with Crippen LogP contribution in [0.2, 0.25) is 0 Å². The first-order valence-corrected chi connectivity index (χ1v) is 11.9. The predicted octanol–water partition coefficient (Wildman–Crippen LogP) is 5.00. The van der Waals surface area contributed by atoms with E-state index in [4.69, 9.17) is 9.97 Å². The number of pyridine rings is 1. The monoisotopic (exact) mass is 440 g/mol. The van der Waals surface area contributed by atoms with E-state index in [2.05, 4.69) is 56.9 Å². The molecule has 0 atom stereocenters. The second-order valence-corrected chi connectivity index (χ2v) is 9.26.